The Bertz CT molecular complexity index is 484. The Labute approximate surface area is 110 Å². The molecule has 1 saturated heterocycles. The molecule has 1 N–H and O–H groups in total. The molecule has 2 heterocycles. The second kappa shape index (κ2) is 5.32. The number of nitrogens with one attached hydrogen (secondary N) is 1. The third-order valence-corrected chi connectivity index (χ3v) is 4.00. The highest BCUT2D eigenvalue weighted by Gasteiger charge is 2.36. The van der Waals surface area contributed by atoms with Gasteiger partial charge in [0.15, 0.2) is 0 Å². The maximum absolute atomic E-state index is 12.7. The van der Waals surface area contributed by atoms with Gasteiger partial charge in [-0.2, -0.15) is 13.2 Å². The van der Waals surface area contributed by atoms with Crippen LogP contribution in [-0.4, -0.2) is 45.8 Å². The van der Waals surface area contributed by atoms with Gasteiger partial charge in [0, 0.05) is 48.5 Å². The molecule has 0 unspecified atom stereocenters. The number of hydrogen-bond donors (Lipinski definition) is 1. The summed E-state index contributed by atoms with van der Waals surface area (Å²) in [5.74, 6) is 0.0500. The van der Waals surface area contributed by atoms with Gasteiger partial charge in [-0.15, -0.1) is 0 Å². The van der Waals surface area contributed by atoms with Gasteiger partial charge in [-0.1, -0.05) is 0 Å². The first kappa shape index (κ1) is 14.0. The number of alkyl halides is 3. The maximum atomic E-state index is 12.7. The van der Waals surface area contributed by atoms with Crippen LogP contribution in [0.2, 0.25) is 0 Å². The van der Waals surface area contributed by atoms with E-state index in [1.165, 1.54) is 13.1 Å². The average Bonchev–Trinajstić information content (AvgIpc) is 2.38. The molecule has 0 atom stereocenters. The van der Waals surface area contributed by atoms with Crippen LogP contribution in [0.5, 0.6) is 0 Å². The highest BCUT2D eigenvalue weighted by molar-refractivity contribution is 7.85. The minimum Gasteiger partial charge on any atom is -0.373 e. The van der Waals surface area contributed by atoms with Crippen molar-refractivity contribution in [3.63, 3.8) is 0 Å². The topological polar surface area (TPSA) is 58.1 Å². The molecule has 1 aliphatic rings. The second-order valence-electron chi connectivity index (χ2n) is 4.02. The van der Waals surface area contributed by atoms with E-state index in [9.17, 15) is 17.4 Å². The Morgan fingerprint density at radius 3 is 2.47 bits per heavy atom. The SMILES string of the molecule is CNc1cc(N2CCS(=O)CC2)nc(C(F)(F)F)n1. The molecule has 19 heavy (non-hydrogen) atoms. The third kappa shape index (κ3) is 3.34. The Morgan fingerprint density at radius 2 is 1.95 bits per heavy atom. The fourth-order valence-electron chi connectivity index (χ4n) is 1.72. The fourth-order valence-corrected chi connectivity index (χ4v) is 2.77. The van der Waals surface area contributed by atoms with Crippen molar-refractivity contribution < 1.29 is 17.4 Å². The number of rotatable bonds is 2. The molecule has 0 spiro atoms. The van der Waals surface area contributed by atoms with Crippen molar-refractivity contribution in [3.05, 3.63) is 11.9 Å². The van der Waals surface area contributed by atoms with E-state index in [1.807, 2.05) is 0 Å². The van der Waals surface area contributed by atoms with E-state index >= 15 is 0 Å². The minimum absolute atomic E-state index is 0.115. The molecular weight excluding hydrogens is 281 g/mol. The molecule has 1 aliphatic heterocycles. The van der Waals surface area contributed by atoms with Crippen LogP contribution in [0.4, 0.5) is 24.8 Å². The summed E-state index contributed by atoms with van der Waals surface area (Å²) in [5.41, 5.74) is 0. The Balaban J connectivity index is 2.32. The van der Waals surface area contributed by atoms with Crippen molar-refractivity contribution in [1.82, 2.24) is 9.97 Å². The molecular formula is C10H13F3N4OS. The summed E-state index contributed by atoms with van der Waals surface area (Å²) in [5, 5.41) is 2.59. The average molecular weight is 294 g/mol. The molecule has 9 heteroatoms. The molecule has 0 bridgehead atoms. The lowest BCUT2D eigenvalue weighted by Crippen LogP contribution is -2.38. The maximum Gasteiger partial charge on any atom is 0.451 e. The van der Waals surface area contributed by atoms with E-state index < -0.39 is 22.8 Å². The molecule has 0 radical (unpaired) electrons. The molecule has 5 nitrogen and oxygen atoms in total. The van der Waals surface area contributed by atoms with Crippen LogP contribution >= 0.6 is 0 Å². The quantitative estimate of drug-likeness (QED) is 0.885. The largest absolute Gasteiger partial charge is 0.451 e. The van der Waals surface area contributed by atoms with Gasteiger partial charge in [0.1, 0.15) is 11.6 Å². The molecule has 0 aromatic carbocycles. The normalized spacial score (nSPS) is 17.6. The van der Waals surface area contributed by atoms with Gasteiger partial charge in [0.05, 0.1) is 0 Å². The summed E-state index contributed by atoms with van der Waals surface area (Å²) < 4.78 is 49.3. The summed E-state index contributed by atoms with van der Waals surface area (Å²) in [7, 11) is 0.610. The summed E-state index contributed by atoms with van der Waals surface area (Å²) in [4.78, 5) is 8.64. The van der Waals surface area contributed by atoms with Crippen molar-refractivity contribution in [2.75, 3.05) is 41.9 Å². The van der Waals surface area contributed by atoms with Crippen molar-refractivity contribution in [3.8, 4) is 0 Å². The van der Waals surface area contributed by atoms with Crippen LogP contribution in [0.1, 0.15) is 5.82 Å². The first-order valence-electron chi connectivity index (χ1n) is 5.64. The van der Waals surface area contributed by atoms with Crippen LogP contribution < -0.4 is 10.2 Å². The van der Waals surface area contributed by atoms with E-state index in [-0.39, 0.29) is 11.6 Å². The Kier molecular flexibility index (Phi) is 3.93. The molecule has 2 rings (SSSR count). The third-order valence-electron chi connectivity index (χ3n) is 2.72. The van der Waals surface area contributed by atoms with Crippen LogP contribution in [0, 0.1) is 0 Å². The highest BCUT2D eigenvalue weighted by Crippen LogP contribution is 2.29. The van der Waals surface area contributed by atoms with E-state index in [4.69, 9.17) is 0 Å². The standard InChI is InChI=1S/C10H13F3N4OS/c1-14-7-6-8(16-9(15-7)10(11,12)13)17-2-4-19(18)5-3-17/h6H,2-5H2,1H3,(H,14,15,16). The summed E-state index contributed by atoms with van der Waals surface area (Å²) in [6, 6.07) is 1.46. The van der Waals surface area contributed by atoms with Crippen LogP contribution in [0.3, 0.4) is 0 Å². The summed E-state index contributed by atoms with van der Waals surface area (Å²) in [6.07, 6.45) is -4.58. The summed E-state index contributed by atoms with van der Waals surface area (Å²) >= 11 is 0. The fraction of sp³-hybridized carbons (Fsp3) is 0.600. The lowest BCUT2D eigenvalue weighted by Gasteiger charge is -2.27. The molecule has 1 aromatic rings. The van der Waals surface area contributed by atoms with Crippen molar-refractivity contribution in [1.29, 1.82) is 0 Å². The summed E-state index contributed by atoms with van der Waals surface area (Å²) in [6.45, 7) is 0.869. The number of aromatic nitrogens is 2. The Hall–Kier alpha value is -1.38. The van der Waals surface area contributed by atoms with Gasteiger partial charge in [-0.25, -0.2) is 9.97 Å². The van der Waals surface area contributed by atoms with Gasteiger partial charge >= 0.3 is 6.18 Å². The zero-order valence-electron chi connectivity index (χ0n) is 10.2. The highest BCUT2D eigenvalue weighted by atomic mass is 32.2. The van der Waals surface area contributed by atoms with Gasteiger partial charge in [0.25, 0.3) is 0 Å². The Morgan fingerprint density at radius 1 is 1.32 bits per heavy atom. The van der Waals surface area contributed by atoms with Gasteiger partial charge in [-0.3, -0.25) is 4.21 Å². The van der Waals surface area contributed by atoms with Crippen molar-refractivity contribution >= 4 is 22.4 Å². The monoisotopic (exact) mass is 294 g/mol. The molecule has 1 aromatic heterocycles. The van der Waals surface area contributed by atoms with E-state index in [2.05, 4.69) is 15.3 Å². The van der Waals surface area contributed by atoms with Gasteiger partial charge in [-0.05, 0) is 0 Å². The second-order valence-corrected chi connectivity index (χ2v) is 5.71. The first-order valence-corrected chi connectivity index (χ1v) is 7.13. The zero-order valence-corrected chi connectivity index (χ0v) is 11.0. The molecule has 0 aliphatic carbocycles. The van der Waals surface area contributed by atoms with Crippen LogP contribution in [-0.2, 0) is 17.0 Å². The smallest absolute Gasteiger partial charge is 0.373 e. The lowest BCUT2D eigenvalue weighted by atomic mass is 10.4. The molecule has 0 amide bonds. The van der Waals surface area contributed by atoms with Crippen LogP contribution in [0.15, 0.2) is 6.07 Å². The van der Waals surface area contributed by atoms with Crippen LogP contribution in [0.25, 0.3) is 0 Å². The number of nitrogens with zero attached hydrogens (tertiary/aromatic N) is 3. The number of hydrogen-bond acceptors (Lipinski definition) is 5. The van der Waals surface area contributed by atoms with E-state index in [0.29, 0.717) is 24.6 Å². The minimum atomic E-state index is -4.58. The van der Waals surface area contributed by atoms with Crippen molar-refractivity contribution in [2.24, 2.45) is 0 Å². The van der Waals surface area contributed by atoms with Crippen molar-refractivity contribution in [2.45, 2.75) is 6.18 Å². The predicted octanol–water partition coefficient (Wildman–Crippen LogP) is 1.11. The first-order chi connectivity index (χ1) is 8.90. The predicted molar refractivity (Wildman–Crippen MR) is 66.7 cm³/mol. The van der Waals surface area contributed by atoms with E-state index in [1.54, 1.807) is 4.90 Å². The van der Waals surface area contributed by atoms with Gasteiger partial charge in [0.2, 0.25) is 5.82 Å². The number of halogens is 3. The molecule has 0 saturated carbocycles. The molecule has 106 valence electrons. The molecule has 1 fully saturated rings. The lowest BCUT2D eigenvalue weighted by molar-refractivity contribution is -0.144. The van der Waals surface area contributed by atoms with E-state index in [0.717, 1.165) is 0 Å². The van der Waals surface area contributed by atoms with Gasteiger partial charge < -0.3 is 10.2 Å². The number of anilines is 2. The zero-order chi connectivity index (χ0) is 14.0.